The number of benzene rings is 1. The number of hydrogen-bond acceptors (Lipinski definition) is 2. The second-order valence-electron chi connectivity index (χ2n) is 3.35. The van der Waals surface area contributed by atoms with Crippen LogP contribution in [0, 0.1) is 6.92 Å². The van der Waals surface area contributed by atoms with E-state index >= 15 is 0 Å². The molecule has 82 valence electrons. The van der Waals surface area contributed by atoms with E-state index in [0.717, 1.165) is 10.0 Å². The Labute approximate surface area is 111 Å². The van der Waals surface area contributed by atoms with Crippen molar-refractivity contribution in [2.24, 2.45) is 0 Å². The first-order chi connectivity index (χ1) is 7.59. The second kappa shape index (κ2) is 4.70. The highest BCUT2D eigenvalue weighted by atomic mass is 79.9. The minimum Gasteiger partial charge on any atom is -0.288 e. The quantitative estimate of drug-likeness (QED) is 0.734. The summed E-state index contributed by atoms with van der Waals surface area (Å²) in [6.07, 6.45) is 0. The molecule has 0 amide bonds. The molecule has 1 aromatic carbocycles. The molecule has 0 N–H and O–H groups in total. The molecule has 0 saturated heterocycles. The molecule has 0 aliphatic rings. The van der Waals surface area contributed by atoms with Gasteiger partial charge in [-0.2, -0.15) is 0 Å². The number of halogens is 2. The van der Waals surface area contributed by atoms with Gasteiger partial charge in [-0.05, 0) is 30.7 Å². The molecule has 0 radical (unpaired) electrons. The van der Waals surface area contributed by atoms with Crippen molar-refractivity contribution in [3.8, 4) is 0 Å². The largest absolute Gasteiger partial charge is 0.288 e. The van der Waals surface area contributed by atoms with Gasteiger partial charge in [0.2, 0.25) is 5.78 Å². The van der Waals surface area contributed by atoms with Crippen molar-refractivity contribution in [1.82, 2.24) is 0 Å². The van der Waals surface area contributed by atoms with E-state index in [9.17, 15) is 4.79 Å². The summed E-state index contributed by atoms with van der Waals surface area (Å²) in [7, 11) is 0. The number of hydrogen-bond donors (Lipinski definition) is 0. The van der Waals surface area contributed by atoms with E-state index in [4.69, 9.17) is 11.6 Å². The van der Waals surface area contributed by atoms with Crippen LogP contribution in [-0.2, 0) is 0 Å². The van der Waals surface area contributed by atoms with Gasteiger partial charge in [-0.1, -0.05) is 39.7 Å². The van der Waals surface area contributed by atoms with Crippen molar-refractivity contribution in [2.45, 2.75) is 6.92 Å². The summed E-state index contributed by atoms with van der Waals surface area (Å²) in [6.45, 7) is 1.92. The Balaban J connectivity index is 2.45. The number of rotatable bonds is 2. The Morgan fingerprint density at radius 3 is 2.69 bits per heavy atom. The van der Waals surface area contributed by atoms with Gasteiger partial charge in [-0.15, -0.1) is 11.3 Å². The molecule has 0 aliphatic heterocycles. The lowest BCUT2D eigenvalue weighted by molar-refractivity contribution is 0.104. The summed E-state index contributed by atoms with van der Waals surface area (Å²) in [6, 6.07) is 9.12. The molecule has 0 saturated carbocycles. The van der Waals surface area contributed by atoms with Crippen molar-refractivity contribution in [3.05, 3.63) is 55.1 Å². The first-order valence-corrected chi connectivity index (χ1v) is 6.63. The van der Waals surface area contributed by atoms with E-state index in [0.29, 0.717) is 14.8 Å². The zero-order valence-electron chi connectivity index (χ0n) is 8.46. The van der Waals surface area contributed by atoms with Crippen molar-refractivity contribution < 1.29 is 4.79 Å². The lowest BCUT2D eigenvalue weighted by Crippen LogP contribution is -2.01. The molecular weight excluding hydrogens is 308 g/mol. The van der Waals surface area contributed by atoms with Crippen LogP contribution in [-0.4, -0.2) is 5.78 Å². The van der Waals surface area contributed by atoms with Crippen molar-refractivity contribution in [3.63, 3.8) is 0 Å². The average molecular weight is 316 g/mol. The summed E-state index contributed by atoms with van der Waals surface area (Å²) < 4.78 is 1.58. The summed E-state index contributed by atoms with van der Waals surface area (Å²) in [4.78, 5) is 12.8. The molecule has 0 fully saturated rings. The van der Waals surface area contributed by atoms with Crippen molar-refractivity contribution >= 4 is 44.7 Å². The Morgan fingerprint density at radius 1 is 1.31 bits per heavy atom. The molecule has 2 aromatic rings. The zero-order chi connectivity index (χ0) is 11.7. The molecule has 4 heteroatoms. The van der Waals surface area contributed by atoms with Gasteiger partial charge in [-0.25, -0.2) is 0 Å². The molecular formula is C12H8BrClOS. The topological polar surface area (TPSA) is 17.1 Å². The van der Waals surface area contributed by atoms with Gasteiger partial charge in [0, 0.05) is 10.0 Å². The van der Waals surface area contributed by atoms with Crippen LogP contribution in [0.2, 0.25) is 4.34 Å². The molecule has 1 heterocycles. The summed E-state index contributed by atoms with van der Waals surface area (Å²) in [5.41, 5.74) is 1.67. The Hall–Kier alpha value is -0.640. The molecule has 0 bridgehead atoms. The predicted octanol–water partition coefficient (Wildman–Crippen LogP) is 4.70. The van der Waals surface area contributed by atoms with Crippen molar-refractivity contribution in [1.29, 1.82) is 0 Å². The zero-order valence-corrected chi connectivity index (χ0v) is 11.6. The Morgan fingerprint density at radius 2 is 2.06 bits per heavy atom. The maximum atomic E-state index is 12.2. The van der Waals surface area contributed by atoms with Crippen LogP contribution < -0.4 is 0 Å². The third-order valence-electron chi connectivity index (χ3n) is 2.31. The highest BCUT2D eigenvalue weighted by Gasteiger charge is 2.14. The lowest BCUT2D eigenvalue weighted by Gasteiger charge is -2.04. The van der Waals surface area contributed by atoms with Gasteiger partial charge in [0.05, 0.1) is 9.21 Å². The van der Waals surface area contributed by atoms with Gasteiger partial charge in [0.1, 0.15) is 0 Å². The first kappa shape index (κ1) is 11.8. The monoisotopic (exact) mass is 314 g/mol. The van der Waals surface area contributed by atoms with Crippen LogP contribution in [0.3, 0.4) is 0 Å². The standard InChI is InChI=1S/C12H8BrClOS/c1-7-8(3-2-4-9(7)13)12(15)10-5-6-11(14)16-10/h2-6H,1H3. The van der Waals surface area contributed by atoms with E-state index in [1.54, 1.807) is 12.1 Å². The maximum absolute atomic E-state index is 12.2. The second-order valence-corrected chi connectivity index (χ2v) is 5.91. The summed E-state index contributed by atoms with van der Waals surface area (Å²) >= 11 is 10.5. The Kier molecular flexibility index (Phi) is 3.47. The molecule has 0 aliphatic carbocycles. The van der Waals surface area contributed by atoms with Crippen molar-refractivity contribution in [2.75, 3.05) is 0 Å². The predicted molar refractivity (Wildman–Crippen MR) is 71.6 cm³/mol. The van der Waals surface area contributed by atoms with Crippen LogP contribution in [0.25, 0.3) is 0 Å². The van der Waals surface area contributed by atoms with Crippen LogP contribution in [0.4, 0.5) is 0 Å². The van der Waals surface area contributed by atoms with Gasteiger partial charge in [-0.3, -0.25) is 4.79 Å². The number of carbonyl (C=O) groups is 1. The molecule has 16 heavy (non-hydrogen) atoms. The molecule has 2 rings (SSSR count). The third-order valence-corrected chi connectivity index (χ3v) is 4.40. The van der Waals surface area contributed by atoms with Gasteiger partial charge in [0.25, 0.3) is 0 Å². The molecule has 1 nitrogen and oxygen atoms in total. The first-order valence-electron chi connectivity index (χ1n) is 4.65. The minimum atomic E-state index is 0.0238. The van der Waals surface area contributed by atoms with Crippen LogP contribution in [0.5, 0.6) is 0 Å². The SMILES string of the molecule is Cc1c(Br)cccc1C(=O)c1ccc(Cl)s1. The third kappa shape index (κ3) is 2.21. The van der Waals surface area contributed by atoms with E-state index in [-0.39, 0.29) is 5.78 Å². The number of carbonyl (C=O) groups excluding carboxylic acids is 1. The summed E-state index contributed by atoms with van der Waals surface area (Å²) in [5, 5.41) is 0. The highest BCUT2D eigenvalue weighted by molar-refractivity contribution is 9.10. The fourth-order valence-corrected chi connectivity index (χ4v) is 2.79. The summed E-state index contributed by atoms with van der Waals surface area (Å²) in [5.74, 6) is 0.0238. The van der Waals surface area contributed by atoms with E-state index < -0.39 is 0 Å². The van der Waals surface area contributed by atoms with Crippen LogP contribution >= 0.6 is 38.9 Å². The van der Waals surface area contributed by atoms with Crippen LogP contribution in [0.15, 0.2) is 34.8 Å². The highest BCUT2D eigenvalue weighted by Crippen LogP contribution is 2.27. The molecule has 0 spiro atoms. The maximum Gasteiger partial charge on any atom is 0.203 e. The Bertz CT molecular complexity index is 548. The normalized spacial score (nSPS) is 10.4. The van der Waals surface area contributed by atoms with E-state index in [2.05, 4.69) is 15.9 Å². The minimum absolute atomic E-state index is 0.0238. The van der Waals surface area contributed by atoms with Gasteiger partial charge < -0.3 is 0 Å². The molecule has 0 unspecified atom stereocenters. The number of thiophene rings is 1. The number of ketones is 1. The smallest absolute Gasteiger partial charge is 0.203 e. The van der Waals surface area contributed by atoms with E-state index in [1.807, 2.05) is 25.1 Å². The fraction of sp³-hybridized carbons (Fsp3) is 0.0833. The van der Waals surface area contributed by atoms with Gasteiger partial charge >= 0.3 is 0 Å². The van der Waals surface area contributed by atoms with E-state index in [1.165, 1.54) is 11.3 Å². The van der Waals surface area contributed by atoms with Gasteiger partial charge in [0.15, 0.2) is 0 Å². The lowest BCUT2D eigenvalue weighted by atomic mass is 10.0. The van der Waals surface area contributed by atoms with Crippen LogP contribution in [0.1, 0.15) is 20.8 Å². The average Bonchev–Trinajstić information content (AvgIpc) is 2.68. The fourth-order valence-electron chi connectivity index (χ4n) is 1.42. The molecule has 0 atom stereocenters. The molecule has 1 aromatic heterocycles.